The maximum atomic E-state index is 6.61. The van der Waals surface area contributed by atoms with E-state index in [2.05, 4.69) is 182 Å². The molecule has 56 heavy (non-hydrogen) atoms. The number of benzene rings is 11. The van der Waals surface area contributed by atoms with Gasteiger partial charge < -0.3 is 8.83 Å². The van der Waals surface area contributed by atoms with E-state index in [4.69, 9.17) is 8.83 Å². The molecule has 258 valence electrons. The van der Waals surface area contributed by atoms with Crippen LogP contribution in [0, 0.1) is 0 Å². The van der Waals surface area contributed by atoms with Crippen molar-refractivity contribution in [3.63, 3.8) is 0 Å². The summed E-state index contributed by atoms with van der Waals surface area (Å²) in [6.45, 7) is 0. The Morgan fingerprint density at radius 3 is 0.768 bits per heavy atom. The fraction of sp³-hybridized carbons (Fsp3) is 0. The quantitative estimate of drug-likeness (QED) is 0.167. The standard InChI is InChI=1S/C54H30O2/c1-3-13-39-35(9-1)37-11-5-7-15-41(37)47-25-31(17-21-43(39)47)33-19-23-45-49-29-54-50(30-53(49)55-51(45)27-33)46-24-20-34(28-52(46)56-54)32-18-22-44-40-14-4-2-10-36(40)38-12-6-8-16-42(38)48(44)26-32/h1-30H. The second kappa shape index (κ2) is 11.1. The maximum absolute atomic E-state index is 6.61. The van der Waals surface area contributed by atoms with Crippen molar-refractivity contribution in [1.82, 2.24) is 0 Å². The van der Waals surface area contributed by atoms with Gasteiger partial charge in [-0.15, -0.1) is 0 Å². The minimum atomic E-state index is 0.862. The first-order valence-corrected chi connectivity index (χ1v) is 19.2. The van der Waals surface area contributed by atoms with Gasteiger partial charge in [-0.25, -0.2) is 0 Å². The van der Waals surface area contributed by atoms with Gasteiger partial charge in [0.25, 0.3) is 0 Å². The Hall–Kier alpha value is -7.42. The van der Waals surface area contributed by atoms with Gasteiger partial charge in [-0.3, -0.25) is 0 Å². The molecule has 0 amide bonds. The lowest BCUT2D eigenvalue weighted by molar-refractivity contribution is 0.664. The molecule has 0 atom stereocenters. The first-order chi connectivity index (χ1) is 27.7. The molecule has 0 aliphatic rings. The first kappa shape index (κ1) is 30.0. The SMILES string of the molecule is c1ccc2c(c1)c1ccccc1c1cc(-c3ccc4c(c3)oc3cc5c(cc34)oc3cc(-c4ccc6c7ccccc7c7ccccc7c6c4)ccc35)ccc21. The molecular weight excluding hydrogens is 681 g/mol. The summed E-state index contributed by atoms with van der Waals surface area (Å²) in [5.74, 6) is 0. The van der Waals surface area contributed by atoms with Crippen LogP contribution >= 0.6 is 0 Å². The molecule has 0 unspecified atom stereocenters. The van der Waals surface area contributed by atoms with Gasteiger partial charge in [0.2, 0.25) is 0 Å². The topological polar surface area (TPSA) is 26.3 Å². The second-order valence-corrected chi connectivity index (χ2v) is 15.2. The Morgan fingerprint density at radius 1 is 0.179 bits per heavy atom. The number of furan rings is 2. The highest BCUT2D eigenvalue weighted by Gasteiger charge is 2.17. The molecule has 11 aromatic carbocycles. The van der Waals surface area contributed by atoms with E-state index in [0.717, 1.165) is 55.0 Å². The smallest absolute Gasteiger partial charge is 0.136 e. The minimum absolute atomic E-state index is 0.862. The van der Waals surface area contributed by atoms with E-state index in [-0.39, 0.29) is 0 Å². The fourth-order valence-electron chi connectivity index (χ4n) is 9.58. The molecule has 2 aromatic heterocycles. The van der Waals surface area contributed by atoms with Crippen LogP contribution in [0.3, 0.4) is 0 Å². The molecule has 0 spiro atoms. The highest BCUT2D eigenvalue weighted by molar-refractivity contribution is 6.27. The third kappa shape index (κ3) is 4.16. The molecule has 2 heteroatoms. The van der Waals surface area contributed by atoms with E-state index in [9.17, 15) is 0 Å². The lowest BCUT2D eigenvalue weighted by Crippen LogP contribution is -1.85. The summed E-state index contributed by atoms with van der Waals surface area (Å²) in [4.78, 5) is 0. The Balaban J connectivity index is 0.914. The van der Waals surface area contributed by atoms with Gasteiger partial charge >= 0.3 is 0 Å². The van der Waals surface area contributed by atoms with Crippen LogP contribution in [0.4, 0.5) is 0 Å². The summed E-state index contributed by atoms with van der Waals surface area (Å²) in [6.07, 6.45) is 0. The Labute approximate surface area is 320 Å². The molecule has 0 aliphatic heterocycles. The zero-order chi connectivity index (χ0) is 36.5. The lowest BCUT2D eigenvalue weighted by atomic mass is 9.92. The van der Waals surface area contributed by atoms with Crippen molar-refractivity contribution in [2.24, 2.45) is 0 Å². The average Bonchev–Trinajstić information content (AvgIpc) is 3.81. The van der Waals surface area contributed by atoms with Gasteiger partial charge in [0.05, 0.1) is 0 Å². The lowest BCUT2D eigenvalue weighted by Gasteiger charge is -2.12. The summed E-state index contributed by atoms with van der Waals surface area (Å²) in [5, 5.41) is 19.6. The van der Waals surface area contributed by atoms with E-state index in [1.807, 2.05) is 0 Å². The molecule has 0 saturated heterocycles. The van der Waals surface area contributed by atoms with Crippen molar-refractivity contribution >= 4 is 109 Å². The molecule has 13 rings (SSSR count). The highest BCUT2D eigenvalue weighted by atomic mass is 16.3. The van der Waals surface area contributed by atoms with Crippen molar-refractivity contribution in [3.8, 4) is 22.3 Å². The molecule has 0 fully saturated rings. The van der Waals surface area contributed by atoms with Crippen molar-refractivity contribution in [3.05, 3.63) is 182 Å². The van der Waals surface area contributed by atoms with Crippen LogP contribution in [0.15, 0.2) is 191 Å². The average molecular weight is 711 g/mol. The zero-order valence-corrected chi connectivity index (χ0v) is 30.1. The van der Waals surface area contributed by atoms with Crippen molar-refractivity contribution in [2.45, 2.75) is 0 Å². The molecule has 2 heterocycles. The predicted molar refractivity (Wildman–Crippen MR) is 237 cm³/mol. The van der Waals surface area contributed by atoms with E-state index in [1.165, 1.54) is 75.8 Å². The summed E-state index contributed by atoms with van der Waals surface area (Å²) >= 11 is 0. The third-order valence-corrected chi connectivity index (χ3v) is 12.2. The molecule has 0 aliphatic carbocycles. The van der Waals surface area contributed by atoms with Crippen LogP contribution < -0.4 is 0 Å². The molecule has 0 saturated carbocycles. The summed E-state index contributed by atoms with van der Waals surface area (Å²) in [6, 6.07) is 66.1. The van der Waals surface area contributed by atoms with Crippen LogP contribution in [0.2, 0.25) is 0 Å². The van der Waals surface area contributed by atoms with Gasteiger partial charge in [-0.1, -0.05) is 133 Å². The van der Waals surface area contributed by atoms with Crippen molar-refractivity contribution < 1.29 is 8.83 Å². The summed E-state index contributed by atoms with van der Waals surface area (Å²) in [5.41, 5.74) is 8.07. The third-order valence-electron chi connectivity index (χ3n) is 12.2. The van der Waals surface area contributed by atoms with Crippen molar-refractivity contribution in [2.75, 3.05) is 0 Å². The van der Waals surface area contributed by atoms with E-state index in [0.29, 0.717) is 0 Å². The highest BCUT2D eigenvalue weighted by Crippen LogP contribution is 2.42. The number of hydrogen-bond donors (Lipinski definition) is 0. The van der Waals surface area contributed by atoms with Gasteiger partial charge in [0, 0.05) is 21.5 Å². The van der Waals surface area contributed by atoms with Crippen molar-refractivity contribution in [1.29, 1.82) is 0 Å². The molecule has 2 nitrogen and oxygen atoms in total. The molecule has 0 bridgehead atoms. The second-order valence-electron chi connectivity index (χ2n) is 15.2. The summed E-state index contributed by atoms with van der Waals surface area (Å²) in [7, 11) is 0. The largest absolute Gasteiger partial charge is 0.456 e. The van der Waals surface area contributed by atoms with Crippen LogP contribution in [-0.4, -0.2) is 0 Å². The fourth-order valence-corrected chi connectivity index (χ4v) is 9.58. The zero-order valence-electron chi connectivity index (χ0n) is 30.1. The normalized spacial score (nSPS) is 12.3. The number of rotatable bonds is 2. The molecule has 13 aromatic rings. The van der Waals surface area contributed by atoms with Crippen LogP contribution in [0.5, 0.6) is 0 Å². The van der Waals surface area contributed by atoms with E-state index < -0.39 is 0 Å². The summed E-state index contributed by atoms with van der Waals surface area (Å²) < 4.78 is 13.2. The van der Waals surface area contributed by atoms with E-state index in [1.54, 1.807) is 0 Å². The molecule has 0 radical (unpaired) electrons. The monoisotopic (exact) mass is 710 g/mol. The van der Waals surface area contributed by atoms with Crippen LogP contribution in [-0.2, 0) is 0 Å². The van der Waals surface area contributed by atoms with Gasteiger partial charge in [-0.05, 0) is 135 Å². The van der Waals surface area contributed by atoms with Crippen LogP contribution in [0.1, 0.15) is 0 Å². The minimum Gasteiger partial charge on any atom is -0.456 e. The van der Waals surface area contributed by atoms with Gasteiger partial charge in [0.15, 0.2) is 0 Å². The van der Waals surface area contributed by atoms with Crippen LogP contribution in [0.25, 0.3) is 131 Å². The number of hydrogen-bond acceptors (Lipinski definition) is 2. The maximum Gasteiger partial charge on any atom is 0.136 e. The Morgan fingerprint density at radius 2 is 0.429 bits per heavy atom. The predicted octanol–water partition coefficient (Wildman–Crippen LogP) is 15.7. The first-order valence-electron chi connectivity index (χ1n) is 19.2. The van der Waals surface area contributed by atoms with Gasteiger partial charge in [0.1, 0.15) is 22.3 Å². The Kier molecular flexibility index (Phi) is 5.92. The Bertz CT molecular complexity index is 3500. The number of fused-ring (bicyclic) bond motifs is 18. The molecule has 0 N–H and O–H groups in total. The molecular formula is C54H30O2. The van der Waals surface area contributed by atoms with E-state index >= 15 is 0 Å². The van der Waals surface area contributed by atoms with Gasteiger partial charge in [-0.2, -0.15) is 0 Å².